The minimum Gasteiger partial charge on any atom is -0.452 e. The van der Waals surface area contributed by atoms with E-state index in [0.29, 0.717) is 19.8 Å². The van der Waals surface area contributed by atoms with E-state index in [1.54, 1.807) is 91.0 Å². The van der Waals surface area contributed by atoms with Gasteiger partial charge in [0.2, 0.25) is 0 Å². The monoisotopic (exact) mass is 1000 g/mol. The Morgan fingerprint density at radius 3 is 1.33 bits per heavy atom. The van der Waals surface area contributed by atoms with E-state index in [2.05, 4.69) is 0 Å². The molecule has 9 atom stereocenters. The van der Waals surface area contributed by atoms with E-state index in [9.17, 15) is 14.4 Å². The van der Waals surface area contributed by atoms with Crippen LogP contribution in [0.15, 0.2) is 217 Å². The molecule has 2 aliphatic rings. The number of carbonyl (C=O) groups excluding carboxylic acids is 3. The van der Waals surface area contributed by atoms with Crippen molar-refractivity contribution in [2.24, 2.45) is 0 Å². The predicted octanol–water partition coefficient (Wildman–Crippen LogP) is 10.7. The van der Waals surface area contributed by atoms with E-state index in [1.807, 2.05) is 121 Å². The van der Waals surface area contributed by atoms with Crippen molar-refractivity contribution in [3.8, 4) is 0 Å². The van der Waals surface area contributed by atoms with Gasteiger partial charge in [-0.05, 0) is 65.2 Å². The van der Waals surface area contributed by atoms with Crippen LogP contribution in [0.1, 0.15) is 54.2 Å². The van der Waals surface area contributed by atoms with Gasteiger partial charge in [0.25, 0.3) is 0 Å². The molecule has 2 fully saturated rings. The molecule has 0 aliphatic carbocycles. The third kappa shape index (κ3) is 14.4. The number of esters is 3. The molecule has 0 amide bonds. The molecule has 0 bridgehead atoms. The summed E-state index contributed by atoms with van der Waals surface area (Å²) in [7, 11) is 0. The minimum absolute atomic E-state index is 0.137. The molecule has 2 aliphatic heterocycles. The van der Waals surface area contributed by atoms with Gasteiger partial charge < -0.3 is 42.6 Å². The summed E-state index contributed by atoms with van der Waals surface area (Å²) in [6.07, 6.45) is -7.73. The van der Waals surface area contributed by atoms with Crippen molar-refractivity contribution in [3.63, 3.8) is 0 Å². The van der Waals surface area contributed by atoms with Crippen LogP contribution in [0.2, 0.25) is 0 Å². The molecule has 4 unspecified atom stereocenters. The minimum atomic E-state index is -1.42. The van der Waals surface area contributed by atoms with Crippen molar-refractivity contribution in [2.45, 2.75) is 85.6 Å². The molecule has 0 radical (unpaired) electrons. The Kier molecular flexibility index (Phi) is 18.3. The normalized spacial score (nSPS) is 22.7. The van der Waals surface area contributed by atoms with Gasteiger partial charge in [-0.25, -0.2) is 14.4 Å². The Labute approximate surface area is 429 Å². The smallest absolute Gasteiger partial charge is 0.338 e. The van der Waals surface area contributed by atoms with Crippen molar-refractivity contribution in [3.05, 3.63) is 246 Å². The Bertz CT molecular complexity index is 2760. The zero-order valence-electron chi connectivity index (χ0n) is 40.0. The van der Waals surface area contributed by atoms with E-state index >= 15 is 0 Å². The van der Waals surface area contributed by atoms with Gasteiger partial charge in [0.15, 0.2) is 24.6 Å². The number of ether oxygens (including phenoxy) is 9. The van der Waals surface area contributed by atoms with Crippen molar-refractivity contribution in [1.29, 1.82) is 0 Å². The number of rotatable bonds is 21. The summed E-state index contributed by atoms with van der Waals surface area (Å²) in [5.41, 5.74) is 2.66. The molecular formula is C60H56O12S. The van der Waals surface area contributed by atoms with Crippen LogP contribution in [0.25, 0.3) is 0 Å². The van der Waals surface area contributed by atoms with Gasteiger partial charge in [-0.2, -0.15) is 0 Å². The van der Waals surface area contributed by atoms with Crippen LogP contribution >= 0.6 is 11.8 Å². The maximum Gasteiger partial charge on any atom is 0.338 e. The Balaban J connectivity index is 1.05. The zero-order chi connectivity index (χ0) is 50.0. The highest BCUT2D eigenvalue weighted by atomic mass is 32.2. The molecule has 13 heteroatoms. The maximum atomic E-state index is 14.2. The number of thioether (sulfide) groups is 1. The lowest BCUT2D eigenvalue weighted by molar-refractivity contribution is -0.290. The fourth-order valence-electron chi connectivity index (χ4n) is 8.56. The van der Waals surface area contributed by atoms with Gasteiger partial charge in [-0.3, -0.25) is 0 Å². The standard InChI is InChI=1S/C60H56O12S/c61-57(45-28-14-4-15-29-45)70-54-51(69-60(73-48-34-20-7-21-35-48)56(72-59(63)47-32-18-6-19-33-47)55(54)71-58(62)46-30-16-5-17-31-46)41-66-52-36-49(65-38-43-24-10-2-11-25-43)53(67-39-44-26-12-3-13-27-44)50(68-52)40-64-37-42-22-8-1-9-23-42/h1-35,49-56,60H,36-41H2/t49-,50?,51?,52+,53-,54-,55?,56?,60+/m1/s1. The Hall–Kier alpha value is -6.94. The van der Waals surface area contributed by atoms with E-state index in [-0.39, 0.29) is 36.3 Å². The first-order chi connectivity index (χ1) is 35.9. The molecule has 73 heavy (non-hydrogen) atoms. The summed E-state index contributed by atoms with van der Waals surface area (Å²) in [5.74, 6) is -2.15. The van der Waals surface area contributed by atoms with Crippen LogP contribution in [0.3, 0.4) is 0 Å². The van der Waals surface area contributed by atoms with Crippen LogP contribution in [-0.4, -0.2) is 85.6 Å². The number of benzene rings is 7. The van der Waals surface area contributed by atoms with Crippen molar-refractivity contribution in [1.82, 2.24) is 0 Å². The van der Waals surface area contributed by atoms with Crippen molar-refractivity contribution >= 4 is 29.7 Å². The molecule has 374 valence electrons. The molecule has 0 saturated carbocycles. The lowest BCUT2D eigenvalue weighted by Crippen LogP contribution is -2.62. The van der Waals surface area contributed by atoms with Gasteiger partial charge >= 0.3 is 17.9 Å². The maximum absolute atomic E-state index is 14.2. The van der Waals surface area contributed by atoms with Crippen molar-refractivity contribution < 1.29 is 57.0 Å². The first kappa shape index (κ1) is 51.0. The summed E-state index contributed by atoms with van der Waals surface area (Å²) in [6.45, 7) is 0.820. The second kappa shape index (κ2) is 26.1. The average Bonchev–Trinajstić information content (AvgIpc) is 3.44. The van der Waals surface area contributed by atoms with Gasteiger partial charge in [0.1, 0.15) is 23.7 Å². The third-order valence-electron chi connectivity index (χ3n) is 12.3. The van der Waals surface area contributed by atoms with E-state index < -0.39 is 72.4 Å². The first-order valence-electron chi connectivity index (χ1n) is 24.3. The summed E-state index contributed by atoms with van der Waals surface area (Å²) in [4.78, 5) is 43.3. The first-order valence-corrected chi connectivity index (χ1v) is 25.2. The molecule has 0 aromatic heterocycles. The molecule has 2 saturated heterocycles. The topological polar surface area (TPSA) is 134 Å². The summed E-state index contributed by atoms with van der Waals surface area (Å²) in [6, 6.07) is 64.4. The van der Waals surface area contributed by atoms with Crippen LogP contribution in [0, 0.1) is 0 Å². The van der Waals surface area contributed by atoms with E-state index in [1.165, 1.54) is 11.8 Å². The van der Waals surface area contributed by atoms with Gasteiger partial charge in [-0.15, -0.1) is 0 Å². The second-order valence-corrected chi connectivity index (χ2v) is 18.6. The highest BCUT2D eigenvalue weighted by molar-refractivity contribution is 7.99. The molecule has 12 nitrogen and oxygen atoms in total. The Morgan fingerprint density at radius 2 is 0.822 bits per heavy atom. The molecule has 9 rings (SSSR count). The second-order valence-electron chi connectivity index (χ2n) is 17.5. The molecular weight excluding hydrogens is 945 g/mol. The van der Waals surface area contributed by atoms with Crippen LogP contribution < -0.4 is 0 Å². The number of carbonyl (C=O) groups is 3. The number of hydrogen-bond acceptors (Lipinski definition) is 13. The Morgan fingerprint density at radius 1 is 0.411 bits per heavy atom. The SMILES string of the molecule is O=C(OC1C(OC(=O)c2ccccc2)[C@H](Sc2ccccc2)OC(CO[C@@H]2C[C@@H](OCc3ccccc3)[C@@H](OCc3ccccc3)C(COCc3ccccc3)O2)[C@H]1OC(=O)c1ccccc1)c1ccccc1. The van der Waals surface area contributed by atoms with Gasteiger partial charge in [-0.1, -0.05) is 176 Å². The van der Waals surface area contributed by atoms with Crippen molar-refractivity contribution in [2.75, 3.05) is 13.2 Å². The molecule has 7 aromatic rings. The van der Waals surface area contributed by atoms with E-state index in [4.69, 9.17) is 42.6 Å². The number of hydrogen-bond donors (Lipinski definition) is 0. The average molecular weight is 1000 g/mol. The summed E-state index contributed by atoms with van der Waals surface area (Å²) >= 11 is 1.26. The molecule has 0 spiro atoms. The van der Waals surface area contributed by atoms with Crippen LogP contribution in [-0.2, 0) is 62.5 Å². The zero-order valence-corrected chi connectivity index (χ0v) is 40.8. The summed E-state index contributed by atoms with van der Waals surface area (Å²) in [5, 5.41) is 0. The fraction of sp³-hybridized carbons (Fsp3) is 0.250. The predicted molar refractivity (Wildman–Crippen MR) is 273 cm³/mol. The highest BCUT2D eigenvalue weighted by Crippen LogP contribution is 2.39. The van der Waals surface area contributed by atoms with Crippen LogP contribution in [0.4, 0.5) is 0 Å². The highest BCUT2D eigenvalue weighted by Gasteiger charge is 2.53. The fourth-order valence-corrected chi connectivity index (χ4v) is 9.69. The van der Waals surface area contributed by atoms with Crippen LogP contribution in [0.5, 0.6) is 0 Å². The lowest BCUT2D eigenvalue weighted by atomic mass is 9.98. The largest absolute Gasteiger partial charge is 0.452 e. The lowest BCUT2D eigenvalue weighted by Gasteiger charge is -2.45. The molecule has 2 heterocycles. The molecule has 7 aromatic carbocycles. The molecule has 0 N–H and O–H groups in total. The van der Waals surface area contributed by atoms with Gasteiger partial charge in [0, 0.05) is 11.3 Å². The quantitative estimate of drug-likeness (QED) is 0.0500. The van der Waals surface area contributed by atoms with E-state index in [0.717, 1.165) is 21.6 Å². The summed E-state index contributed by atoms with van der Waals surface area (Å²) < 4.78 is 59.4. The third-order valence-corrected chi connectivity index (χ3v) is 13.4. The van der Waals surface area contributed by atoms with Gasteiger partial charge in [0.05, 0.1) is 55.8 Å².